The van der Waals surface area contributed by atoms with Crippen molar-refractivity contribution in [1.82, 2.24) is 4.90 Å². The second-order valence-corrected chi connectivity index (χ2v) is 4.87. The number of nitrogens with zero attached hydrogens (tertiary/aromatic N) is 1. The first-order valence-electron chi connectivity index (χ1n) is 6.23. The van der Waals surface area contributed by atoms with Crippen LogP contribution in [0, 0.1) is 0 Å². The lowest BCUT2D eigenvalue weighted by Crippen LogP contribution is -2.37. The van der Waals surface area contributed by atoms with E-state index in [1.165, 1.54) is 0 Å². The molecule has 1 heterocycles. The minimum atomic E-state index is 0.170. The van der Waals surface area contributed by atoms with Crippen molar-refractivity contribution in [1.29, 1.82) is 0 Å². The number of methoxy groups -OCH3 is 1. The third kappa shape index (κ3) is 2.96. The molecule has 2 rings (SSSR count). The summed E-state index contributed by atoms with van der Waals surface area (Å²) in [4.78, 5) is 14.1. The quantitative estimate of drug-likeness (QED) is 0.785. The maximum atomic E-state index is 12.2. The summed E-state index contributed by atoms with van der Waals surface area (Å²) in [6, 6.07) is 7.85. The van der Waals surface area contributed by atoms with Crippen LogP contribution in [0.25, 0.3) is 0 Å². The largest absolute Gasteiger partial charge is 0.497 e. The van der Waals surface area contributed by atoms with Crippen LogP contribution in [0.5, 0.6) is 5.75 Å². The van der Waals surface area contributed by atoms with Crippen molar-refractivity contribution >= 4 is 17.5 Å². The van der Waals surface area contributed by atoms with Crippen molar-refractivity contribution in [3.63, 3.8) is 0 Å². The zero-order valence-electron chi connectivity index (χ0n) is 10.6. The lowest BCUT2D eigenvalue weighted by atomic mass is 10.1. The van der Waals surface area contributed by atoms with Crippen molar-refractivity contribution in [3.8, 4) is 5.75 Å². The topological polar surface area (TPSA) is 29.5 Å². The van der Waals surface area contributed by atoms with Crippen LogP contribution >= 0.6 is 11.6 Å². The molecule has 0 unspecified atom stereocenters. The van der Waals surface area contributed by atoms with Gasteiger partial charge in [0.05, 0.1) is 13.5 Å². The van der Waals surface area contributed by atoms with Gasteiger partial charge in [-0.1, -0.05) is 12.1 Å². The molecule has 1 fully saturated rings. The summed E-state index contributed by atoms with van der Waals surface area (Å²) >= 11 is 5.88. The highest BCUT2D eigenvalue weighted by molar-refractivity contribution is 6.18. The Morgan fingerprint density at radius 1 is 1.44 bits per heavy atom. The molecule has 0 N–H and O–H groups in total. The van der Waals surface area contributed by atoms with E-state index in [0.717, 1.165) is 30.7 Å². The van der Waals surface area contributed by atoms with E-state index < -0.39 is 0 Å². The van der Waals surface area contributed by atoms with Crippen LogP contribution in [0.4, 0.5) is 0 Å². The number of benzene rings is 1. The Morgan fingerprint density at radius 2 is 2.17 bits per heavy atom. The molecule has 1 aliphatic rings. The summed E-state index contributed by atoms with van der Waals surface area (Å²) in [5.41, 5.74) is 1.01. The summed E-state index contributed by atoms with van der Waals surface area (Å²) < 4.78 is 5.10. The Hall–Kier alpha value is -1.22. The summed E-state index contributed by atoms with van der Waals surface area (Å²) in [5.74, 6) is 1.52. The fourth-order valence-corrected chi connectivity index (χ4v) is 2.66. The van der Waals surface area contributed by atoms with Crippen LogP contribution in [0.3, 0.4) is 0 Å². The number of amides is 1. The molecule has 1 atom stereocenters. The molecule has 1 aromatic carbocycles. The number of halogens is 1. The van der Waals surface area contributed by atoms with Crippen LogP contribution in [0.15, 0.2) is 24.3 Å². The molecule has 0 radical (unpaired) electrons. The molecule has 0 spiro atoms. The summed E-state index contributed by atoms with van der Waals surface area (Å²) in [6.07, 6.45) is 2.53. The molecular weight excluding hydrogens is 250 g/mol. The van der Waals surface area contributed by atoms with Gasteiger partial charge >= 0.3 is 0 Å². The monoisotopic (exact) mass is 267 g/mol. The van der Waals surface area contributed by atoms with E-state index in [2.05, 4.69) is 0 Å². The van der Waals surface area contributed by atoms with Gasteiger partial charge < -0.3 is 9.64 Å². The minimum Gasteiger partial charge on any atom is -0.497 e. The van der Waals surface area contributed by atoms with Gasteiger partial charge in [0.1, 0.15) is 5.75 Å². The fraction of sp³-hybridized carbons (Fsp3) is 0.500. The molecule has 4 heteroatoms. The summed E-state index contributed by atoms with van der Waals surface area (Å²) in [7, 11) is 1.63. The van der Waals surface area contributed by atoms with Gasteiger partial charge in [-0.25, -0.2) is 0 Å². The van der Waals surface area contributed by atoms with Crippen LogP contribution < -0.4 is 4.74 Å². The number of ether oxygens (including phenoxy) is 1. The number of carbonyl (C=O) groups excluding carboxylic acids is 1. The highest BCUT2D eigenvalue weighted by Gasteiger charge is 2.27. The number of rotatable bonds is 4. The van der Waals surface area contributed by atoms with Gasteiger partial charge in [0.15, 0.2) is 0 Å². The molecule has 0 aromatic heterocycles. The third-order valence-corrected chi connectivity index (χ3v) is 3.75. The lowest BCUT2D eigenvalue weighted by molar-refractivity contribution is -0.130. The zero-order valence-corrected chi connectivity index (χ0v) is 11.3. The van der Waals surface area contributed by atoms with Crippen molar-refractivity contribution in [3.05, 3.63) is 29.8 Å². The molecule has 1 saturated heterocycles. The molecule has 1 aliphatic heterocycles. The number of alkyl halides is 1. The van der Waals surface area contributed by atoms with E-state index in [1.807, 2.05) is 29.2 Å². The van der Waals surface area contributed by atoms with Crippen molar-refractivity contribution in [2.75, 3.05) is 19.5 Å². The Labute approximate surface area is 113 Å². The Bertz CT molecular complexity index is 405. The number of likely N-dealkylation sites (tertiary alicyclic amines) is 1. The predicted molar refractivity (Wildman–Crippen MR) is 72.2 cm³/mol. The van der Waals surface area contributed by atoms with Crippen LogP contribution in [-0.4, -0.2) is 36.4 Å². The standard InChI is InChI=1S/C14H18ClNO2/c1-18-13-6-4-11(5-7-13)9-14(17)16-8-2-3-12(16)10-15/h4-7,12H,2-3,8-10H2,1H3/t12-/m0/s1. The first-order chi connectivity index (χ1) is 8.74. The SMILES string of the molecule is COc1ccc(CC(=O)N2CCC[C@H]2CCl)cc1. The maximum Gasteiger partial charge on any atom is 0.227 e. The average molecular weight is 268 g/mol. The molecule has 0 aliphatic carbocycles. The van der Waals surface area contributed by atoms with E-state index in [9.17, 15) is 4.79 Å². The van der Waals surface area contributed by atoms with E-state index in [4.69, 9.17) is 16.3 Å². The maximum absolute atomic E-state index is 12.2. The molecular formula is C14H18ClNO2. The van der Waals surface area contributed by atoms with Crippen molar-refractivity contribution < 1.29 is 9.53 Å². The van der Waals surface area contributed by atoms with Gasteiger partial charge in [0.25, 0.3) is 0 Å². The van der Waals surface area contributed by atoms with Crippen LogP contribution in [-0.2, 0) is 11.2 Å². The fourth-order valence-electron chi connectivity index (χ4n) is 2.34. The second kappa shape index (κ2) is 6.10. The highest BCUT2D eigenvalue weighted by Crippen LogP contribution is 2.20. The van der Waals surface area contributed by atoms with Gasteiger partial charge in [-0.2, -0.15) is 0 Å². The molecule has 1 aromatic rings. The van der Waals surface area contributed by atoms with Gasteiger partial charge in [-0.05, 0) is 30.5 Å². The smallest absolute Gasteiger partial charge is 0.227 e. The third-order valence-electron chi connectivity index (χ3n) is 3.39. The molecule has 0 saturated carbocycles. The Morgan fingerprint density at radius 3 is 2.78 bits per heavy atom. The Kier molecular flexibility index (Phi) is 4.48. The van der Waals surface area contributed by atoms with Gasteiger partial charge in [0, 0.05) is 18.5 Å². The van der Waals surface area contributed by atoms with E-state index >= 15 is 0 Å². The number of carbonyl (C=O) groups is 1. The molecule has 18 heavy (non-hydrogen) atoms. The lowest BCUT2D eigenvalue weighted by Gasteiger charge is -2.23. The number of hydrogen-bond acceptors (Lipinski definition) is 2. The van der Waals surface area contributed by atoms with Crippen LogP contribution in [0.2, 0.25) is 0 Å². The first-order valence-corrected chi connectivity index (χ1v) is 6.76. The molecule has 1 amide bonds. The Balaban J connectivity index is 1.97. The van der Waals surface area contributed by atoms with E-state index in [0.29, 0.717) is 12.3 Å². The first kappa shape index (κ1) is 13.2. The molecule has 0 bridgehead atoms. The second-order valence-electron chi connectivity index (χ2n) is 4.56. The van der Waals surface area contributed by atoms with Crippen molar-refractivity contribution in [2.24, 2.45) is 0 Å². The van der Waals surface area contributed by atoms with Gasteiger partial charge in [0.2, 0.25) is 5.91 Å². The normalized spacial score (nSPS) is 19.0. The minimum absolute atomic E-state index is 0.170. The summed E-state index contributed by atoms with van der Waals surface area (Å²) in [5, 5.41) is 0. The predicted octanol–water partition coefficient (Wildman–Crippen LogP) is 2.47. The van der Waals surface area contributed by atoms with Crippen LogP contribution in [0.1, 0.15) is 18.4 Å². The van der Waals surface area contributed by atoms with Gasteiger partial charge in [-0.15, -0.1) is 11.6 Å². The average Bonchev–Trinajstić information content (AvgIpc) is 2.88. The zero-order chi connectivity index (χ0) is 13.0. The van der Waals surface area contributed by atoms with Gasteiger partial charge in [-0.3, -0.25) is 4.79 Å². The van der Waals surface area contributed by atoms with Crippen molar-refractivity contribution in [2.45, 2.75) is 25.3 Å². The van der Waals surface area contributed by atoms with E-state index in [-0.39, 0.29) is 11.9 Å². The van der Waals surface area contributed by atoms with E-state index in [1.54, 1.807) is 7.11 Å². The highest BCUT2D eigenvalue weighted by atomic mass is 35.5. The molecule has 98 valence electrons. The summed E-state index contributed by atoms with van der Waals surface area (Å²) in [6.45, 7) is 0.840. The molecule has 3 nitrogen and oxygen atoms in total. The number of hydrogen-bond donors (Lipinski definition) is 0.